The normalized spacial score (nSPS) is 10.9. The molecule has 0 saturated carbocycles. The first-order valence-corrected chi connectivity index (χ1v) is 9.08. The highest BCUT2D eigenvalue weighted by atomic mass is 16.5. The molecule has 0 unspecified atom stereocenters. The number of hydrogen-bond acceptors (Lipinski definition) is 4. The molecule has 0 spiro atoms. The molecule has 4 aromatic rings. The van der Waals surface area contributed by atoms with Crippen molar-refractivity contribution in [1.82, 2.24) is 14.6 Å². The van der Waals surface area contributed by atoms with E-state index in [9.17, 15) is 0 Å². The Morgan fingerprint density at radius 2 is 1.85 bits per heavy atom. The van der Waals surface area contributed by atoms with Crippen molar-refractivity contribution >= 4 is 11.5 Å². The Morgan fingerprint density at radius 1 is 0.963 bits per heavy atom. The number of aryl methyl sites for hydroxylation is 1. The SMILES string of the molecule is Cc1cc(Cc2ccccc2)ccc1OCCNc1ccnc2ccnn12. The van der Waals surface area contributed by atoms with Gasteiger partial charge >= 0.3 is 0 Å². The molecule has 2 aromatic heterocycles. The van der Waals surface area contributed by atoms with Gasteiger partial charge in [-0.1, -0.05) is 42.5 Å². The second-order valence-electron chi connectivity index (χ2n) is 6.47. The van der Waals surface area contributed by atoms with E-state index in [1.165, 1.54) is 11.1 Å². The van der Waals surface area contributed by atoms with Gasteiger partial charge in [-0.3, -0.25) is 0 Å². The van der Waals surface area contributed by atoms with E-state index >= 15 is 0 Å². The van der Waals surface area contributed by atoms with Crippen molar-refractivity contribution in [2.24, 2.45) is 0 Å². The Labute approximate surface area is 158 Å². The molecule has 0 radical (unpaired) electrons. The molecule has 2 heterocycles. The zero-order valence-electron chi connectivity index (χ0n) is 15.3. The molecule has 0 amide bonds. The smallest absolute Gasteiger partial charge is 0.157 e. The second kappa shape index (κ2) is 7.91. The van der Waals surface area contributed by atoms with E-state index < -0.39 is 0 Å². The van der Waals surface area contributed by atoms with Crippen LogP contribution in [0.5, 0.6) is 5.75 Å². The van der Waals surface area contributed by atoms with Crippen LogP contribution in [0.2, 0.25) is 0 Å². The molecule has 5 heteroatoms. The third-order valence-electron chi connectivity index (χ3n) is 4.45. The average Bonchev–Trinajstić information content (AvgIpc) is 3.17. The van der Waals surface area contributed by atoms with Crippen molar-refractivity contribution in [3.63, 3.8) is 0 Å². The number of ether oxygens (including phenoxy) is 1. The predicted molar refractivity (Wildman–Crippen MR) is 107 cm³/mol. The minimum absolute atomic E-state index is 0.573. The van der Waals surface area contributed by atoms with E-state index in [4.69, 9.17) is 4.74 Å². The first kappa shape index (κ1) is 17.1. The summed E-state index contributed by atoms with van der Waals surface area (Å²) in [5, 5.41) is 7.61. The van der Waals surface area contributed by atoms with E-state index in [1.54, 1.807) is 16.9 Å². The third kappa shape index (κ3) is 4.08. The van der Waals surface area contributed by atoms with Crippen molar-refractivity contribution in [2.45, 2.75) is 13.3 Å². The summed E-state index contributed by atoms with van der Waals surface area (Å²) in [4.78, 5) is 4.26. The van der Waals surface area contributed by atoms with Crippen molar-refractivity contribution < 1.29 is 4.74 Å². The number of nitrogens with one attached hydrogen (secondary N) is 1. The number of rotatable bonds is 7. The zero-order valence-corrected chi connectivity index (χ0v) is 15.3. The van der Waals surface area contributed by atoms with Crippen LogP contribution in [0.15, 0.2) is 73.1 Å². The molecule has 2 aromatic carbocycles. The van der Waals surface area contributed by atoms with Gasteiger partial charge in [-0.25, -0.2) is 4.98 Å². The van der Waals surface area contributed by atoms with Crippen LogP contribution >= 0.6 is 0 Å². The van der Waals surface area contributed by atoms with Gasteiger partial charge in [0.2, 0.25) is 0 Å². The van der Waals surface area contributed by atoms with Gasteiger partial charge in [0, 0.05) is 12.3 Å². The van der Waals surface area contributed by atoms with Gasteiger partial charge in [0.05, 0.1) is 12.7 Å². The lowest BCUT2D eigenvalue weighted by molar-refractivity contribution is 0.330. The Kier molecular flexibility index (Phi) is 5.01. The van der Waals surface area contributed by atoms with Crippen molar-refractivity contribution in [2.75, 3.05) is 18.5 Å². The quantitative estimate of drug-likeness (QED) is 0.505. The van der Waals surface area contributed by atoms with E-state index in [0.717, 1.165) is 29.2 Å². The summed E-state index contributed by atoms with van der Waals surface area (Å²) >= 11 is 0. The molecule has 27 heavy (non-hydrogen) atoms. The van der Waals surface area contributed by atoms with Crippen LogP contribution in [0.25, 0.3) is 5.65 Å². The van der Waals surface area contributed by atoms with Crippen molar-refractivity contribution in [3.8, 4) is 5.75 Å². The van der Waals surface area contributed by atoms with Crippen LogP contribution in [0.3, 0.4) is 0 Å². The molecule has 136 valence electrons. The number of anilines is 1. The van der Waals surface area contributed by atoms with Crippen molar-refractivity contribution in [1.29, 1.82) is 0 Å². The second-order valence-corrected chi connectivity index (χ2v) is 6.47. The van der Waals surface area contributed by atoms with Gasteiger partial charge < -0.3 is 10.1 Å². The maximum Gasteiger partial charge on any atom is 0.157 e. The molecule has 0 aliphatic carbocycles. The van der Waals surface area contributed by atoms with Gasteiger partial charge in [-0.2, -0.15) is 9.61 Å². The third-order valence-corrected chi connectivity index (χ3v) is 4.45. The molecular formula is C22H22N4O. The topological polar surface area (TPSA) is 51.5 Å². The minimum atomic E-state index is 0.573. The molecule has 0 aliphatic rings. The Balaban J connectivity index is 1.32. The lowest BCUT2D eigenvalue weighted by Crippen LogP contribution is -2.14. The Bertz CT molecular complexity index is 1030. The summed E-state index contributed by atoms with van der Waals surface area (Å²) in [5.41, 5.74) is 4.59. The van der Waals surface area contributed by atoms with E-state index in [0.29, 0.717) is 13.2 Å². The summed E-state index contributed by atoms with van der Waals surface area (Å²) in [6, 6.07) is 20.7. The average molecular weight is 358 g/mol. The fourth-order valence-electron chi connectivity index (χ4n) is 3.12. The van der Waals surface area contributed by atoms with Gasteiger partial charge in [0.25, 0.3) is 0 Å². The molecular weight excluding hydrogens is 336 g/mol. The number of nitrogens with zero attached hydrogens (tertiary/aromatic N) is 3. The summed E-state index contributed by atoms with van der Waals surface area (Å²) in [7, 11) is 0. The largest absolute Gasteiger partial charge is 0.491 e. The monoisotopic (exact) mass is 358 g/mol. The molecule has 0 fully saturated rings. The highest BCUT2D eigenvalue weighted by Gasteiger charge is 2.04. The van der Waals surface area contributed by atoms with Gasteiger partial charge in [-0.05, 0) is 42.2 Å². The van der Waals surface area contributed by atoms with E-state index in [1.807, 2.05) is 18.2 Å². The molecule has 0 saturated heterocycles. The first-order valence-electron chi connectivity index (χ1n) is 9.08. The van der Waals surface area contributed by atoms with Gasteiger partial charge in [-0.15, -0.1) is 0 Å². The van der Waals surface area contributed by atoms with Crippen LogP contribution in [-0.4, -0.2) is 27.7 Å². The summed E-state index contributed by atoms with van der Waals surface area (Å²) in [5.74, 6) is 1.83. The highest BCUT2D eigenvalue weighted by Crippen LogP contribution is 2.21. The van der Waals surface area contributed by atoms with Crippen LogP contribution < -0.4 is 10.1 Å². The summed E-state index contributed by atoms with van der Waals surface area (Å²) in [6.45, 7) is 3.35. The van der Waals surface area contributed by atoms with Crippen molar-refractivity contribution in [3.05, 3.63) is 89.7 Å². The molecule has 0 aliphatic heterocycles. The van der Waals surface area contributed by atoms with Crippen LogP contribution in [0.4, 0.5) is 5.82 Å². The van der Waals surface area contributed by atoms with E-state index in [-0.39, 0.29) is 0 Å². The van der Waals surface area contributed by atoms with Crippen LogP contribution in [0.1, 0.15) is 16.7 Å². The molecule has 0 atom stereocenters. The number of fused-ring (bicyclic) bond motifs is 1. The summed E-state index contributed by atoms with van der Waals surface area (Å²) in [6.07, 6.45) is 4.45. The van der Waals surface area contributed by atoms with E-state index in [2.05, 4.69) is 64.8 Å². The fourth-order valence-corrected chi connectivity index (χ4v) is 3.12. The maximum absolute atomic E-state index is 5.95. The van der Waals surface area contributed by atoms with Crippen LogP contribution in [-0.2, 0) is 6.42 Å². The molecule has 1 N–H and O–H groups in total. The number of benzene rings is 2. The minimum Gasteiger partial charge on any atom is -0.491 e. The van der Waals surface area contributed by atoms with Crippen LogP contribution in [0, 0.1) is 6.92 Å². The number of hydrogen-bond donors (Lipinski definition) is 1. The standard InChI is InChI=1S/C22H22N4O/c1-17-15-19(16-18-5-3-2-4-6-18)7-8-20(17)27-14-13-24-21-9-11-23-22-10-12-25-26(21)22/h2-12,15,24H,13-14,16H2,1H3. The first-order chi connectivity index (χ1) is 13.3. The van der Waals surface area contributed by atoms with Gasteiger partial charge in [0.15, 0.2) is 5.65 Å². The summed E-state index contributed by atoms with van der Waals surface area (Å²) < 4.78 is 7.73. The number of aromatic nitrogens is 3. The molecule has 5 nitrogen and oxygen atoms in total. The maximum atomic E-state index is 5.95. The molecule has 0 bridgehead atoms. The fraction of sp³-hybridized carbons (Fsp3) is 0.182. The molecule has 4 rings (SSSR count). The Hall–Kier alpha value is -3.34. The Morgan fingerprint density at radius 3 is 2.70 bits per heavy atom. The highest BCUT2D eigenvalue weighted by molar-refractivity contribution is 5.46. The predicted octanol–water partition coefficient (Wildman–Crippen LogP) is 4.12. The lowest BCUT2D eigenvalue weighted by atomic mass is 10.0. The lowest BCUT2D eigenvalue weighted by Gasteiger charge is -2.12. The zero-order chi connectivity index (χ0) is 18.5. The van der Waals surface area contributed by atoms with Gasteiger partial charge in [0.1, 0.15) is 18.2 Å².